The molecule has 1 fully saturated rings. The van der Waals surface area contributed by atoms with Gasteiger partial charge in [-0.3, -0.25) is 9.52 Å². The van der Waals surface area contributed by atoms with E-state index < -0.39 is 10.0 Å². The molecule has 8 nitrogen and oxygen atoms in total. The van der Waals surface area contributed by atoms with Crippen molar-refractivity contribution in [3.8, 4) is 0 Å². The molecule has 0 bridgehead atoms. The molecule has 3 aromatic rings. The van der Waals surface area contributed by atoms with E-state index in [2.05, 4.69) is 31.9 Å². The average molecular weight is 494 g/mol. The summed E-state index contributed by atoms with van der Waals surface area (Å²) in [5.41, 5.74) is 3.93. The first-order valence-electron chi connectivity index (χ1n) is 11.6. The average Bonchev–Trinajstić information content (AvgIpc) is 2.85. The second-order valence-electron chi connectivity index (χ2n) is 8.89. The van der Waals surface area contributed by atoms with Crippen molar-refractivity contribution >= 4 is 27.4 Å². The van der Waals surface area contributed by atoms with Gasteiger partial charge in [-0.15, -0.1) is 0 Å². The summed E-state index contributed by atoms with van der Waals surface area (Å²) in [5.74, 6) is 0.615. The van der Waals surface area contributed by atoms with Crippen LogP contribution in [0.2, 0.25) is 0 Å². The van der Waals surface area contributed by atoms with Crippen molar-refractivity contribution in [1.29, 1.82) is 0 Å². The van der Waals surface area contributed by atoms with E-state index in [1.165, 1.54) is 24.3 Å². The number of anilines is 2. The largest absolute Gasteiger partial charge is 0.354 e. The number of amides is 1. The number of nitrogens with zero attached hydrogens (tertiary/aromatic N) is 3. The van der Waals surface area contributed by atoms with Gasteiger partial charge in [0.2, 0.25) is 0 Å². The van der Waals surface area contributed by atoms with E-state index >= 15 is 0 Å². The Bertz CT molecular complexity index is 1300. The number of carbonyl (C=O) groups is 1. The van der Waals surface area contributed by atoms with Gasteiger partial charge in [0.25, 0.3) is 15.9 Å². The predicted octanol–water partition coefficient (Wildman–Crippen LogP) is 3.18. The summed E-state index contributed by atoms with van der Waals surface area (Å²) in [7, 11) is -1.66. The summed E-state index contributed by atoms with van der Waals surface area (Å²) in [6.45, 7) is 7.95. The van der Waals surface area contributed by atoms with Crippen molar-refractivity contribution in [2.24, 2.45) is 0 Å². The minimum atomic E-state index is -3.76. The van der Waals surface area contributed by atoms with E-state index in [-0.39, 0.29) is 10.8 Å². The number of rotatable bonds is 7. The molecule has 35 heavy (non-hydrogen) atoms. The number of nitrogens with one attached hydrogen (secondary N) is 2. The third kappa shape index (κ3) is 5.98. The van der Waals surface area contributed by atoms with E-state index in [0.29, 0.717) is 17.8 Å². The lowest BCUT2D eigenvalue weighted by molar-refractivity contribution is 0.0951. The number of pyridine rings is 1. The molecule has 2 heterocycles. The molecule has 2 aromatic carbocycles. The molecular weight excluding hydrogens is 462 g/mol. The number of aryl methyl sites for hydroxylation is 2. The second kappa shape index (κ2) is 10.5. The molecule has 9 heteroatoms. The molecule has 1 aliphatic rings. The maximum Gasteiger partial charge on any atom is 0.261 e. The van der Waals surface area contributed by atoms with Crippen LogP contribution in [0.3, 0.4) is 0 Å². The zero-order valence-corrected chi connectivity index (χ0v) is 21.1. The maximum atomic E-state index is 12.8. The molecule has 0 radical (unpaired) electrons. The van der Waals surface area contributed by atoms with Gasteiger partial charge < -0.3 is 15.1 Å². The van der Waals surface area contributed by atoms with Crippen LogP contribution in [0, 0.1) is 13.8 Å². The van der Waals surface area contributed by atoms with Crippen LogP contribution in [0.1, 0.15) is 27.0 Å². The monoisotopic (exact) mass is 493 g/mol. The van der Waals surface area contributed by atoms with Gasteiger partial charge in [-0.05, 0) is 74.5 Å². The number of aromatic nitrogens is 1. The van der Waals surface area contributed by atoms with Crippen LogP contribution in [0.5, 0.6) is 0 Å². The standard InChI is InChI=1S/C26H31N5O3S/c1-19-6-9-23(17-20(19)2)29-35(33,34)24-10-7-21(8-11-24)26(32)28-18-22-5-4-12-27-25(22)31-15-13-30(3)14-16-31/h4-12,17,29H,13-16,18H2,1-3H3,(H,28,32). The van der Waals surface area contributed by atoms with E-state index in [9.17, 15) is 13.2 Å². The first kappa shape index (κ1) is 24.7. The van der Waals surface area contributed by atoms with Crippen LogP contribution >= 0.6 is 0 Å². The lowest BCUT2D eigenvalue weighted by Gasteiger charge is -2.34. The molecule has 1 saturated heterocycles. The van der Waals surface area contributed by atoms with Crippen molar-refractivity contribution in [2.45, 2.75) is 25.3 Å². The minimum Gasteiger partial charge on any atom is -0.354 e. The lowest BCUT2D eigenvalue weighted by atomic mass is 10.1. The predicted molar refractivity (Wildman–Crippen MR) is 138 cm³/mol. The highest BCUT2D eigenvalue weighted by Crippen LogP contribution is 2.21. The Morgan fingerprint density at radius 1 is 0.971 bits per heavy atom. The van der Waals surface area contributed by atoms with Crippen LogP contribution in [-0.2, 0) is 16.6 Å². The molecular formula is C26H31N5O3S. The van der Waals surface area contributed by atoms with Crippen molar-refractivity contribution in [3.05, 3.63) is 83.0 Å². The van der Waals surface area contributed by atoms with E-state index in [1.54, 1.807) is 18.3 Å². The number of sulfonamides is 1. The Kier molecular flexibility index (Phi) is 7.37. The SMILES string of the molecule is Cc1ccc(NS(=O)(=O)c2ccc(C(=O)NCc3cccnc3N3CCN(C)CC3)cc2)cc1C. The molecule has 0 saturated carbocycles. The summed E-state index contributed by atoms with van der Waals surface area (Å²) in [6, 6.07) is 15.2. The van der Waals surface area contributed by atoms with Gasteiger partial charge in [0.1, 0.15) is 5.82 Å². The third-order valence-electron chi connectivity index (χ3n) is 6.30. The van der Waals surface area contributed by atoms with Crippen molar-refractivity contribution in [2.75, 3.05) is 42.8 Å². The third-order valence-corrected chi connectivity index (χ3v) is 7.69. The summed E-state index contributed by atoms with van der Waals surface area (Å²) in [5, 5.41) is 2.93. The molecule has 2 N–H and O–H groups in total. The highest BCUT2D eigenvalue weighted by molar-refractivity contribution is 7.92. The molecule has 0 atom stereocenters. The molecule has 0 unspecified atom stereocenters. The van der Waals surface area contributed by atoms with Gasteiger partial charge in [-0.2, -0.15) is 0 Å². The number of carbonyl (C=O) groups excluding carboxylic acids is 1. The minimum absolute atomic E-state index is 0.0943. The fraction of sp³-hybridized carbons (Fsp3) is 0.308. The van der Waals surface area contributed by atoms with Crippen LogP contribution in [0.4, 0.5) is 11.5 Å². The van der Waals surface area contributed by atoms with Gasteiger partial charge >= 0.3 is 0 Å². The number of piperazine rings is 1. The zero-order chi connectivity index (χ0) is 25.0. The molecule has 1 amide bonds. The highest BCUT2D eigenvalue weighted by atomic mass is 32.2. The first-order chi connectivity index (χ1) is 16.7. The molecule has 0 spiro atoms. The van der Waals surface area contributed by atoms with E-state index in [0.717, 1.165) is 48.7 Å². The Balaban J connectivity index is 1.40. The van der Waals surface area contributed by atoms with Crippen molar-refractivity contribution in [1.82, 2.24) is 15.2 Å². The summed E-state index contributed by atoms with van der Waals surface area (Å²) in [6.07, 6.45) is 1.77. The number of benzene rings is 2. The van der Waals surface area contributed by atoms with Crippen LogP contribution in [0.15, 0.2) is 65.7 Å². The molecule has 1 aliphatic heterocycles. The van der Waals surface area contributed by atoms with Gasteiger partial charge in [-0.1, -0.05) is 12.1 Å². The van der Waals surface area contributed by atoms with Crippen LogP contribution in [-0.4, -0.2) is 57.4 Å². The summed E-state index contributed by atoms with van der Waals surface area (Å²) in [4.78, 5) is 21.9. The Morgan fingerprint density at radius 2 is 1.69 bits per heavy atom. The smallest absolute Gasteiger partial charge is 0.261 e. The van der Waals surface area contributed by atoms with Gasteiger partial charge in [0.15, 0.2) is 0 Å². The lowest BCUT2D eigenvalue weighted by Crippen LogP contribution is -2.45. The van der Waals surface area contributed by atoms with E-state index in [4.69, 9.17) is 0 Å². The van der Waals surface area contributed by atoms with Crippen LogP contribution < -0.4 is 14.9 Å². The summed E-state index contributed by atoms with van der Waals surface area (Å²) >= 11 is 0. The van der Waals surface area contributed by atoms with Gasteiger partial charge in [-0.25, -0.2) is 13.4 Å². The number of likely N-dealkylation sites (N-methyl/N-ethyl adjacent to an activating group) is 1. The fourth-order valence-electron chi connectivity index (χ4n) is 3.95. The number of hydrogen-bond donors (Lipinski definition) is 2. The first-order valence-corrected chi connectivity index (χ1v) is 13.1. The zero-order valence-electron chi connectivity index (χ0n) is 20.3. The molecule has 4 rings (SSSR count). The molecule has 1 aromatic heterocycles. The second-order valence-corrected chi connectivity index (χ2v) is 10.6. The van der Waals surface area contributed by atoms with Gasteiger partial charge in [0.05, 0.1) is 4.90 Å². The Hall–Kier alpha value is -3.43. The van der Waals surface area contributed by atoms with E-state index in [1.807, 2.05) is 32.0 Å². The fourth-order valence-corrected chi connectivity index (χ4v) is 5.00. The van der Waals surface area contributed by atoms with Crippen molar-refractivity contribution < 1.29 is 13.2 Å². The Morgan fingerprint density at radius 3 is 2.37 bits per heavy atom. The summed E-state index contributed by atoms with van der Waals surface area (Å²) < 4.78 is 28.1. The number of hydrogen-bond acceptors (Lipinski definition) is 6. The Labute approximate surface area is 207 Å². The van der Waals surface area contributed by atoms with Gasteiger partial charge in [0, 0.05) is 55.7 Å². The normalized spacial score (nSPS) is 14.5. The van der Waals surface area contributed by atoms with Crippen molar-refractivity contribution in [3.63, 3.8) is 0 Å². The quantitative estimate of drug-likeness (QED) is 0.525. The van der Waals surface area contributed by atoms with Crippen LogP contribution in [0.25, 0.3) is 0 Å². The molecule has 184 valence electrons. The molecule has 0 aliphatic carbocycles. The maximum absolute atomic E-state index is 12.8. The highest BCUT2D eigenvalue weighted by Gasteiger charge is 2.19. The topological polar surface area (TPSA) is 94.6 Å².